The van der Waals surface area contributed by atoms with E-state index in [0.29, 0.717) is 29.9 Å². The number of amides is 2. The predicted octanol–water partition coefficient (Wildman–Crippen LogP) is 2.47. The van der Waals surface area contributed by atoms with Crippen LogP contribution in [0.2, 0.25) is 0 Å². The zero-order valence-electron chi connectivity index (χ0n) is 17.7. The standard InChI is InChI=1S/C22H27N5O4/c1-3-31-15-8-6-14(7-9-15)23-20(29)16-11-17(28)24-19-18(16)21(30)26-22(25-19)27-10-4-5-13(2)12-27/h6-9,13,16H,3-5,10-12H2,1-2H3,(H,23,29)(H2,24,25,26,28,30)/t13-,16-/m0/s1. The minimum Gasteiger partial charge on any atom is -0.494 e. The maximum absolute atomic E-state index is 13.0. The molecular formula is C22H27N5O4. The molecule has 0 unspecified atom stereocenters. The van der Waals surface area contributed by atoms with Crippen molar-refractivity contribution in [1.82, 2.24) is 9.97 Å². The molecule has 0 spiro atoms. The van der Waals surface area contributed by atoms with E-state index < -0.39 is 17.4 Å². The normalized spacial score (nSPS) is 20.6. The quantitative estimate of drug-likeness (QED) is 0.678. The third kappa shape index (κ3) is 4.55. The molecule has 3 heterocycles. The second-order valence-corrected chi connectivity index (χ2v) is 8.10. The highest BCUT2D eigenvalue weighted by molar-refractivity contribution is 6.04. The Hall–Kier alpha value is -3.36. The summed E-state index contributed by atoms with van der Waals surface area (Å²) < 4.78 is 5.40. The maximum Gasteiger partial charge on any atom is 0.258 e. The molecule has 1 aromatic heterocycles. The van der Waals surface area contributed by atoms with Crippen LogP contribution in [0.25, 0.3) is 0 Å². The van der Waals surface area contributed by atoms with E-state index in [0.717, 1.165) is 25.9 Å². The number of aromatic nitrogens is 2. The van der Waals surface area contributed by atoms with Gasteiger partial charge in [0.25, 0.3) is 5.56 Å². The summed E-state index contributed by atoms with van der Waals surface area (Å²) in [5.74, 6) is 0.117. The van der Waals surface area contributed by atoms with Gasteiger partial charge >= 0.3 is 0 Å². The summed E-state index contributed by atoms with van der Waals surface area (Å²) in [6, 6.07) is 6.94. The molecule has 9 heteroatoms. The fourth-order valence-corrected chi connectivity index (χ4v) is 4.15. The Labute approximate surface area is 180 Å². The number of benzene rings is 1. The molecule has 9 nitrogen and oxygen atoms in total. The lowest BCUT2D eigenvalue weighted by molar-refractivity contribution is -0.123. The average Bonchev–Trinajstić information content (AvgIpc) is 2.74. The first-order chi connectivity index (χ1) is 14.9. The SMILES string of the molecule is CCOc1ccc(NC(=O)[C@H]2CC(=O)Nc3nc(N4CCC[C@H](C)C4)[nH]c(=O)c32)cc1. The summed E-state index contributed by atoms with van der Waals surface area (Å²) in [6.45, 7) is 6.18. The Balaban J connectivity index is 1.58. The Bertz CT molecular complexity index is 1030. The van der Waals surface area contributed by atoms with Gasteiger partial charge in [-0.2, -0.15) is 4.98 Å². The van der Waals surface area contributed by atoms with Crippen molar-refractivity contribution in [3.05, 3.63) is 40.2 Å². The van der Waals surface area contributed by atoms with Gasteiger partial charge in [0.15, 0.2) is 0 Å². The van der Waals surface area contributed by atoms with Crippen molar-refractivity contribution in [2.75, 3.05) is 35.2 Å². The van der Waals surface area contributed by atoms with Crippen LogP contribution in [0.5, 0.6) is 5.75 Å². The van der Waals surface area contributed by atoms with Gasteiger partial charge in [-0.25, -0.2) is 0 Å². The maximum atomic E-state index is 13.0. The summed E-state index contributed by atoms with van der Waals surface area (Å²) in [5.41, 5.74) is 0.353. The smallest absolute Gasteiger partial charge is 0.258 e. The molecule has 0 bridgehead atoms. The van der Waals surface area contributed by atoms with Gasteiger partial charge in [0.2, 0.25) is 17.8 Å². The number of rotatable bonds is 5. The highest BCUT2D eigenvalue weighted by Crippen LogP contribution is 2.31. The topological polar surface area (TPSA) is 116 Å². The lowest BCUT2D eigenvalue weighted by Gasteiger charge is -2.32. The van der Waals surface area contributed by atoms with Gasteiger partial charge in [-0.05, 0) is 49.9 Å². The summed E-state index contributed by atoms with van der Waals surface area (Å²) >= 11 is 0. The van der Waals surface area contributed by atoms with Crippen LogP contribution in [0.3, 0.4) is 0 Å². The summed E-state index contributed by atoms with van der Waals surface area (Å²) in [4.78, 5) is 47.5. The van der Waals surface area contributed by atoms with E-state index in [-0.39, 0.29) is 23.7 Å². The highest BCUT2D eigenvalue weighted by atomic mass is 16.5. The van der Waals surface area contributed by atoms with Crippen molar-refractivity contribution in [1.29, 1.82) is 0 Å². The zero-order chi connectivity index (χ0) is 22.0. The number of fused-ring (bicyclic) bond motifs is 1. The van der Waals surface area contributed by atoms with Crippen LogP contribution >= 0.6 is 0 Å². The molecule has 0 aliphatic carbocycles. The number of ether oxygens (including phenoxy) is 1. The lowest BCUT2D eigenvalue weighted by Crippen LogP contribution is -2.40. The number of anilines is 3. The number of hydrogen-bond acceptors (Lipinski definition) is 6. The minimum atomic E-state index is -0.916. The van der Waals surface area contributed by atoms with Crippen LogP contribution in [-0.4, -0.2) is 41.5 Å². The van der Waals surface area contributed by atoms with Gasteiger partial charge in [0.1, 0.15) is 11.6 Å². The lowest BCUT2D eigenvalue weighted by atomic mass is 9.92. The van der Waals surface area contributed by atoms with Gasteiger partial charge in [0.05, 0.1) is 18.1 Å². The van der Waals surface area contributed by atoms with Crippen LogP contribution in [0.1, 0.15) is 44.6 Å². The van der Waals surface area contributed by atoms with E-state index in [1.807, 2.05) is 11.8 Å². The number of nitrogens with one attached hydrogen (secondary N) is 3. The third-order valence-corrected chi connectivity index (χ3v) is 5.64. The second-order valence-electron chi connectivity index (χ2n) is 8.10. The average molecular weight is 425 g/mol. The van der Waals surface area contributed by atoms with Gasteiger partial charge in [0, 0.05) is 25.2 Å². The number of carbonyl (C=O) groups is 2. The molecule has 164 valence electrons. The van der Waals surface area contributed by atoms with Crippen LogP contribution in [0, 0.1) is 5.92 Å². The molecule has 31 heavy (non-hydrogen) atoms. The Morgan fingerprint density at radius 3 is 2.77 bits per heavy atom. The zero-order valence-corrected chi connectivity index (χ0v) is 17.7. The van der Waals surface area contributed by atoms with Crippen molar-refractivity contribution in [2.45, 2.75) is 39.0 Å². The van der Waals surface area contributed by atoms with E-state index in [4.69, 9.17) is 4.74 Å². The van der Waals surface area contributed by atoms with E-state index in [1.54, 1.807) is 24.3 Å². The fourth-order valence-electron chi connectivity index (χ4n) is 4.15. The molecule has 0 saturated carbocycles. The van der Waals surface area contributed by atoms with Crippen LogP contribution in [0.15, 0.2) is 29.1 Å². The molecule has 1 aromatic carbocycles. The molecule has 2 aliphatic rings. The Morgan fingerprint density at radius 2 is 2.06 bits per heavy atom. The minimum absolute atomic E-state index is 0.110. The molecule has 4 rings (SSSR count). The van der Waals surface area contributed by atoms with E-state index in [9.17, 15) is 14.4 Å². The molecule has 1 fully saturated rings. The molecule has 0 radical (unpaired) electrons. The van der Waals surface area contributed by atoms with Gasteiger partial charge in [-0.1, -0.05) is 6.92 Å². The highest BCUT2D eigenvalue weighted by Gasteiger charge is 2.35. The second kappa shape index (κ2) is 8.79. The number of aromatic amines is 1. The largest absolute Gasteiger partial charge is 0.494 e. The molecule has 1 saturated heterocycles. The van der Waals surface area contributed by atoms with Crippen LogP contribution in [-0.2, 0) is 9.59 Å². The first-order valence-electron chi connectivity index (χ1n) is 10.7. The van der Waals surface area contributed by atoms with Gasteiger partial charge in [-0.3, -0.25) is 19.4 Å². The van der Waals surface area contributed by atoms with Gasteiger partial charge < -0.3 is 20.3 Å². The van der Waals surface area contributed by atoms with E-state index in [2.05, 4.69) is 27.5 Å². The molecule has 2 aliphatic heterocycles. The molecular weight excluding hydrogens is 398 g/mol. The predicted molar refractivity (Wildman–Crippen MR) is 118 cm³/mol. The van der Waals surface area contributed by atoms with E-state index in [1.165, 1.54) is 0 Å². The Kier molecular flexibility index (Phi) is 5.92. The Morgan fingerprint density at radius 1 is 1.29 bits per heavy atom. The van der Waals surface area contributed by atoms with Crippen LogP contribution < -0.4 is 25.8 Å². The van der Waals surface area contributed by atoms with E-state index >= 15 is 0 Å². The number of hydrogen-bond donors (Lipinski definition) is 3. The fraction of sp³-hybridized carbons (Fsp3) is 0.455. The third-order valence-electron chi connectivity index (χ3n) is 5.64. The molecule has 2 atom stereocenters. The van der Waals surface area contributed by atoms with Crippen molar-refractivity contribution in [3.8, 4) is 5.75 Å². The van der Waals surface area contributed by atoms with Crippen molar-refractivity contribution < 1.29 is 14.3 Å². The summed E-state index contributed by atoms with van der Waals surface area (Å²) in [6.07, 6.45) is 2.04. The first-order valence-corrected chi connectivity index (χ1v) is 10.7. The first kappa shape index (κ1) is 20.9. The number of carbonyl (C=O) groups excluding carboxylic acids is 2. The molecule has 2 amide bonds. The number of H-pyrrole nitrogens is 1. The number of piperidine rings is 1. The summed E-state index contributed by atoms with van der Waals surface area (Å²) in [7, 11) is 0. The monoisotopic (exact) mass is 425 g/mol. The molecule has 2 aromatic rings. The van der Waals surface area contributed by atoms with Crippen molar-refractivity contribution >= 4 is 29.3 Å². The van der Waals surface area contributed by atoms with Gasteiger partial charge in [-0.15, -0.1) is 0 Å². The molecule has 3 N–H and O–H groups in total. The number of nitrogens with zero attached hydrogens (tertiary/aromatic N) is 2. The summed E-state index contributed by atoms with van der Waals surface area (Å²) in [5, 5.41) is 5.46. The van der Waals surface area contributed by atoms with Crippen LogP contribution in [0.4, 0.5) is 17.5 Å². The van der Waals surface area contributed by atoms with Crippen molar-refractivity contribution in [2.24, 2.45) is 5.92 Å². The van der Waals surface area contributed by atoms with Crippen molar-refractivity contribution in [3.63, 3.8) is 0 Å².